The maximum Gasteiger partial charge on any atom is 0.129 e. The Labute approximate surface area is 123 Å². The molecule has 1 N–H and O–H groups in total. The van der Waals surface area contributed by atoms with Crippen molar-refractivity contribution in [2.45, 2.75) is 51.1 Å². The summed E-state index contributed by atoms with van der Waals surface area (Å²) >= 11 is 3.54. The van der Waals surface area contributed by atoms with Gasteiger partial charge in [0.15, 0.2) is 0 Å². The van der Waals surface area contributed by atoms with Crippen molar-refractivity contribution < 1.29 is 0 Å². The first-order valence-corrected chi connectivity index (χ1v) is 8.15. The fourth-order valence-electron chi connectivity index (χ4n) is 2.81. The molecule has 0 amide bonds. The first-order chi connectivity index (χ1) is 9.24. The summed E-state index contributed by atoms with van der Waals surface area (Å²) in [6.07, 6.45) is 8.58. The number of pyridine rings is 1. The zero-order valence-electron chi connectivity index (χ0n) is 11.5. The van der Waals surface area contributed by atoms with Crippen LogP contribution in [0.25, 0.3) is 0 Å². The Morgan fingerprint density at radius 1 is 1.37 bits per heavy atom. The molecule has 1 unspecified atom stereocenters. The first kappa shape index (κ1) is 13.4. The Morgan fingerprint density at radius 2 is 2.21 bits per heavy atom. The van der Waals surface area contributed by atoms with Crippen LogP contribution in [-0.4, -0.2) is 30.2 Å². The van der Waals surface area contributed by atoms with E-state index in [2.05, 4.69) is 44.1 Å². The normalized spacial score (nSPS) is 23.4. The summed E-state index contributed by atoms with van der Waals surface area (Å²) in [4.78, 5) is 7.13. The quantitative estimate of drug-likeness (QED) is 0.921. The van der Waals surface area contributed by atoms with Crippen molar-refractivity contribution in [3.8, 4) is 0 Å². The third-order valence-electron chi connectivity index (χ3n) is 4.14. The molecule has 0 bridgehead atoms. The molecule has 1 atom stereocenters. The number of nitrogens with zero attached hydrogens (tertiary/aromatic N) is 2. The number of aryl methyl sites for hydroxylation is 1. The molecule has 104 valence electrons. The minimum absolute atomic E-state index is 0.639. The number of halogens is 1. The van der Waals surface area contributed by atoms with Gasteiger partial charge in [-0.25, -0.2) is 4.98 Å². The summed E-state index contributed by atoms with van der Waals surface area (Å²) in [7, 11) is 0. The molecule has 3 rings (SSSR count). The van der Waals surface area contributed by atoms with E-state index in [4.69, 9.17) is 0 Å². The molecule has 1 aromatic heterocycles. The number of hydrogen-bond acceptors (Lipinski definition) is 3. The van der Waals surface area contributed by atoms with Crippen LogP contribution < -0.4 is 10.2 Å². The van der Waals surface area contributed by atoms with Crippen LogP contribution in [0.2, 0.25) is 0 Å². The molecular formula is C15H22BrN3. The number of piperidine rings is 1. The highest BCUT2D eigenvalue weighted by Gasteiger charge is 2.32. The van der Waals surface area contributed by atoms with E-state index < -0.39 is 0 Å². The second-order valence-corrected chi connectivity index (χ2v) is 6.68. The lowest BCUT2D eigenvalue weighted by atomic mass is 10.0. The van der Waals surface area contributed by atoms with Gasteiger partial charge in [0.05, 0.1) is 0 Å². The molecule has 2 aliphatic rings. The Kier molecular flexibility index (Phi) is 4.08. The number of nitrogens with one attached hydrogen (secondary N) is 1. The second kappa shape index (κ2) is 5.80. The Bertz CT molecular complexity index is 439. The molecule has 0 radical (unpaired) electrons. The van der Waals surface area contributed by atoms with Gasteiger partial charge in [-0.05, 0) is 66.7 Å². The average Bonchev–Trinajstić information content (AvgIpc) is 3.25. The lowest BCUT2D eigenvalue weighted by Gasteiger charge is -2.31. The third-order valence-corrected chi connectivity index (χ3v) is 4.97. The van der Waals surface area contributed by atoms with E-state index in [1.165, 1.54) is 44.2 Å². The van der Waals surface area contributed by atoms with Crippen LogP contribution in [0.15, 0.2) is 16.7 Å². The average molecular weight is 324 g/mol. The van der Waals surface area contributed by atoms with Crippen molar-refractivity contribution >= 4 is 21.7 Å². The van der Waals surface area contributed by atoms with Crippen molar-refractivity contribution in [1.29, 1.82) is 0 Å². The van der Waals surface area contributed by atoms with Gasteiger partial charge in [-0.3, -0.25) is 0 Å². The number of hydrogen-bond donors (Lipinski definition) is 1. The predicted molar refractivity (Wildman–Crippen MR) is 82.7 cm³/mol. The van der Waals surface area contributed by atoms with Crippen LogP contribution in [0.3, 0.4) is 0 Å². The smallest absolute Gasteiger partial charge is 0.129 e. The molecule has 1 aliphatic heterocycles. The standard InChI is InChI=1S/C15H22BrN3/c1-11-8-15(18-9-14(11)16)19(13-5-6-13)10-12-4-2-3-7-17-12/h8-9,12-13,17H,2-7,10H2,1H3. The topological polar surface area (TPSA) is 28.2 Å². The first-order valence-electron chi connectivity index (χ1n) is 7.36. The van der Waals surface area contributed by atoms with Gasteiger partial charge in [-0.1, -0.05) is 6.42 Å². The minimum Gasteiger partial charge on any atom is -0.352 e. The van der Waals surface area contributed by atoms with Crippen LogP contribution in [0.4, 0.5) is 5.82 Å². The molecule has 2 heterocycles. The molecule has 1 aromatic rings. The fraction of sp³-hybridized carbons (Fsp3) is 0.667. The summed E-state index contributed by atoms with van der Waals surface area (Å²) < 4.78 is 1.10. The van der Waals surface area contributed by atoms with Gasteiger partial charge in [-0.15, -0.1) is 0 Å². The Hall–Kier alpha value is -0.610. The third kappa shape index (κ3) is 3.29. The number of aromatic nitrogens is 1. The molecule has 3 nitrogen and oxygen atoms in total. The predicted octanol–water partition coefficient (Wildman–Crippen LogP) is 3.26. The number of anilines is 1. The highest BCUT2D eigenvalue weighted by atomic mass is 79.9. The molecule has 0 spiro atoms. The van der Waals surface area contributed by atoms with E-state index in [1.54, 1.807) is 0 Å². The second-order valence-electron chi connectivity index (χ2n) is 5.82. The summed E-state index contributed by atoms with van der Waals surface area (Å²) in [6, 6.07) is 3.57. The SMILES string of the molecule is Cc1cc(N(CC2CCCCN2)C2CC2)ncc1Br. The Balaban J connectivity index is 1.74. The molecular weight excluding hydrogens is 302 g/mol. The van der Waals surface area contributed by atoms with Gasteiger partial charge in [-0.2, -0.15) is 0 Å². The zero-order valence-corrected chi connectivity index (χ0v) is 13.1. The molecule has 1 aliphatic carbocycles. The highest BCUT2D eigenvalue weighted by molar-refractivity contribution is 9.10. The van der Waals surface area contributed by atoms with Crippen LogP contribution >= 0.6 is 15.9 Å². The lowest BCUT2D eigenvalue weighted by molar-refractivity contribution is 0.397. The van der Waals surface area contributed by atoms with Gasteiger partial charge < -0.3 is 10.2 Å². The largest absolute Gasteiger partial charge is 0.352 e. The van der Waals surface area contributed by atoms with E-state index >= 15 is 0 Å². The highest BCUT2D eigenvalue weighted by Crippen LogP contribution is 2.32. The van der Waals surface area contributed by atoms with Crippen molar-refractivity contribution in [3.05, 3.63) is 22.3 Å². The Morgan fingerprint density at radius 3 is 2.84 bits per heavy atom. The van der Waals surface area contributed by atoms with Crippen LogP contribution in [0.1, 0.15) is 37.7 Å². The van der Waals surface area contributed by atoms with Gasteiger partial charge in [0.1, 0.15) is 5.82 Å². The molecule has 4 heteroatoms. The summed E-state index contributed by atoms with van der Waals surface area (Å²) in [6.45, 7) is 4.42. The van der Waals surface area contributed by atoms with Crippen molar-refractivity contribution in [3.63, 3.8) is 0 Å². The van der Waals surface area contributed by atoms with Gasteiger partial charge >= 0.3 is 0 Å². The van der Waals surface area contributed by atoms with Crippen molar-refractivity contribution in [2.24, 2.45) is 0 Å². The van der Waals surface area contributed by atoms with E-state index in [0.717, 1.165) is 22.9 Å². The summed E-state index contributed by atoms with van der Waals surface area (Å²) in [5.41, 5.74) is 1.27. The van der Waals surface area contributed by atoms with Crippen molar-refractivity contribution in [1.82, 2.24) is 10.3 Å². The number of rotatable bonds is 4. The monoisotopic (exact) mass is 323 g/mol. The molecule has 2 fully saturated rings. The van der Waals surface area contributed by atoms with Crippen molar-refractivity contribution in [2.75, 3.05) is 18.0 Å². The summed E-state index contributed by atoms with van der Waals surface area (Å²) in [5, 5.41) is 3.65. The van der Waals surface area contributed by atoms with Crippen LogP contribution in [0.5, 0.6) is 0 Å². The lowest BCUT2D eigenvalue weighted by Crippen LogP contribution is -2.44. The molecule has 0 aromatic carbocycles. The van der Waals surface area contributed by atoms with E-state index in [0.29, 0.717) is 6.04 Å². The molecule has 1 saturated heterocycles. The van der Waals surface area contributed by atoms with Gasteiger partial charge in [0.25, 0.3) is 0 Å². The van der Waals surface area contributed by atoms with Gasteiger partial charge in [0, 0.05) is 29.3 Å². The van der Waals surface area contributed by atoms with E-state index in [9.17, 15) is 0 Å². The van der Waals surface area contributed by atoms with Gasteiger partial charge in [0.2, 0.25) is 0 Å². The fourth-order valence-corrected chi connectivity index (χ4v) is 3.03. The van der Waals surface area contributed by atoms with Crippen LogP contribution in [-0.2, 0) is 0 Å². The minimum atomic E-state index is 0.639. The van der Waals surface area contributed by atoms with E-state index in [1.807, 2.05) is 6.20 Å². The maximum absolute atomic E-state index is 4.62. The van der Waals surface area contributed by atoms with E-state index in [-0.39, 0.29) is 0 Å². The molecule has 1 saturated carbocycles. The molecule has 19 heavy (non-hydrogen) atoms. The maximum atomic E-state index is 4.62. The zero-order chi connectivity index (χ0) is 13.2. The van der Waals surface area contributed by atoms with Crippen LogP contribution in [0, 0.1) is 6.92 Å². The summed E-state index contributed by atoms with van der Waals surface area (Å²) in [5.74, 6) is 1.15.